The summed E-state index contributed by atoms with van der Waals surface area (Å²) in [5, 5.41) is 0. The van der Waals surface area contributed by atoms with E-state index in [4.69, 9.17) is 9.47 Å². The third-order valence-electron chi connectivity index (χ3n) is 3.92. The zero-order chi connectivity index (χ0) is 16.5. The number of likely N-dealkylation sites (tertiary alicyclic amines) is 1. The summed E-state index contributed by atoms with van der Waals surface area (Å²) in [7, 11) is 4.09. The third kappa shape index (κ3) is 6.32. The van der Waals surface area contributed by atoms with Crippen LogP contribution in [0.5, 0.6) is 0 Å². The average Bonchev–Trinajstić information content (AvgIpc) is 2.46. The molecule has 0 N–H and O–H groups in total. The van der Waals surface area contributed by atoms with Crippen molar-refractivity contribution in [3.05, 3.63) is 0 Å². The van der Waals surface area contributed by atoms with Crippen molar-refractivity contribution >= 4 is 11.9 Å². The second-order valence-corrected chi connectivity index (χ2v) is 5.99. The van der Waals surface area contributed by atoms with E-state index in [1.165, 1.54) is 0 Å². The summed E-state index contributed by atoms with van der Waals surface area (Å²) in [6.45, 7) is 6.69. The second-order valence-electron chi connectivity index (χ2n) is 5.99. The van der Waals surface area contributed by atoms with E-state index in [9.17, 15) is 9.59 Å². The van der Waals surface area contributed by atoms with E-state index in [-0.39, 0.29) is 17.9 Å². The van der Waals surface area contributed by atoms with Gasteiger partial charge < -0.3 is 14.4 Å². The van der Waals surface area contributed by atoms with Crippen LogP contribution in [0.2, 0.25) is 0 Å². The summed E-state index contributed by atoms with van der Waals surface area (Å²) in [6, 6.07) is 0.370. The maximum Gasteiger partial charge on any atom is 0.310 e. The average molecular weight is 314 g/mol. The van der Waals surface area contributed by atoms with E-state index in [2.05, 4.69) is 9.80 Å². The van der Waals surface area contributed by atoms with Crippen molar-refractivity contribution in [2.45, 2.75) is 39.2 Å². The fourth-order valence-electron chi connectivity index (χ4n) is 2.92. The van der Waals surface area contributed by atoms with Gasteiger partial charge in [-0.3, -0.25) is 14.5 Å². The molecule has 0 amide bonds. The number of hydrogen-bond donors (Lipinski definition) is 0. The van der Waals surface area contributed by atoms with Crippen LogP contribution in [0.4, 0.5) is 0 Å². The van der Waals surface area contributed by atoms with Crippen LogP contribution in [-0.2, 0) is 19.1 Å². The molecule has 2 atom stereocenters. The van der Waals surface area contributed by atoms with Crippen LogP contribution in [0.3, 0.4) is 0 Å². The number of ether oxygens (including phenoxy) is 2. The minimum atomic E-state index is -0.177. The van der Waals surface area contributed by atoms with Gasteiger partial charge in [0.2, 0.25) is 0 Å². The van der Waals surface area contributed by atoms with Gasteiger partial charge in [-0.1, -0.05) is 0 Å². The topological polar surface area (TPSA) is 59.1 Å². The first kappa shape index (κ1) is 18.9. The van der Waals surface area contributed by atoms with Crippen LogP contribution in [0.15, 0.2) is 0 Å². The molecule has 1 fully saturated rings. The van der Waals surface area contributed by atoms with Gasteiger partial charge in [0.1, 0.15) is 0 Å². The highest BCUT2D eigenvalue weighted by Gasteiger charge is 2.33. The maximum absolute atomic E-state index is 12.0. The molecule has 0 radical (unpaired) electrons. The largest absolute Gasteiger partial charge is 0.466 e. The van der Waals surface area contributed by atoms with E-state index < -0.39 is 0 Å². The molecule has 1 heterocycles. The van der Waals surface area contributed by atoms with Crippen molar-refractivity contribution in [3.8, 4) is 0 Å². The minimum absolute atomic E-state index is 0.0828. The molecule has 1 rings (SSSR count). The van der Waals surface area contributed by atoms with Crippen LogP contribution >= 0.6 is 0 Å². The monoisotopic (exact) mass is 314 g/mol. The van der Waals surface area contributed by atoms with Gasteiger partial charge in [-0.05, 0) is 40.8 Å². The van der Waals surface area contributed by atoms with Gasteiger partial charge in [-0.25, -0.2) is 0 Å². The lowest BCUT2D eigenvalue weighted by Crippen LogP contribution is -2.50. The minimum Gasteiger partial charge on any atom is -0.466 e. The SMILES string of the molecule is CCOC(=O)CCN1CC(C(=O)OCC)CCC1CN(C)C. The van der Waals surface area contributed by atoms with Crippen molar-refractivity contribution in [1.82, 2.24) is 9.80 Å². The van der Waals surface area contributed by atoms with Crippen molar-refractivity contribution in [1.29, 1.82) is 0 Å². The normalized spacial score (nSPS) is 22.6. The summed E-state index contributed by atoms with van der Waals surface area (Å²) < 4.78 is 10.1. The highest BCUT2D eigenvalue weighted by atomic mass is 16.5. The molecule has 6 heteroatoms. The number of likely N-dealkylation sites (N-methyl/N-ethyl adjacent to an activating group) is 1. The van der Waals surface area contributed by atoms with Crippen molar-refractivity contribution < 1.29 is 19.1 Å². The van der Waals surface area contributed by atoms with E-state index in [0.717, 1.165) is 19.4 Å². The van der Waals surface area contributed by atoms with Gasteiger partial charge in [-0.15, -0.1) is 0 Å². The summed E-state index contributed by atoms with van der Waals surface area (Å²) in [6.07, 6.45) is 2.17. The first-order valence-corrected chi connectivity index (χ1v) is 8.18. The molecular formula is C16H30N2O4. The smallest absolute Gasteiger partial charge is 0.310 e. The number of esters is 2. The number of piperidine rings is 1. The lowest BCUT2D eigenvalue weighted by atomic mass is 9.92. The zero-order valence-electron chi connectivity index (χ0n) is 14.3. The molecule has 0 saturated carbocycles. The lowest BCUT2D eigenvalue weighted by Gasteiger charge is -2.39. The molecule has 1 aliphatic heterocycles. The maximum atomic E-state index is 12.0. The Kier molecular flexibility index (Phi) is 8.42. The van der Waals surface area contributed by atoms with Gasteiger partial charge in [-0.2, -0.15) is 0 Å². The molecule has 22 heavy (non-hydrogen) atoms. The van der Waals surface area contributed by atoms with Gasteiger partial charge in [0.05, 0.1) is 25.6 Å². The van der Waals surface area contributed by atoms with Crippen molar-refractivity contribution in [2.75, 3.05) is 46.9 Å². The molecule has 0 aliphatic carbocycles. The number of nitrogens with zero attached hydrogens (tertiary/aromatic N) is 2. The molecule has 6 nitrogen and oxygen atoms in total. The Morgan fingerprint density at radius 3 is 2.41 bits per heavy atom. The Hall–Kier alpha value is -1.14. The first-order chi connectivity index (χ1) is 10.5. The number of rotatable bonds is 8. The fraction of sp³-hybridized carbons (Fsp3) is 0.875. The van der Waals surface area contributed by atoms with Crippen LogP contribution in [0.1, 0.15) is 33.1 Å². The van der Waals surface area contributed by atoms with Crippen LogP contribution < -0.4 is 0 Å². The summed E-state index contributed by atoms with van der Waals surface area (Å²) in [5.41, 5.74) is 0. The number of carbonyl (C=O) groups excluding carboxylic acids is 2. The first-order valence-electron chi connectivity index (χ1n) is 8.18. The highest BCUT2D eigenvalue weighted by Crippen LogP contribution is 2.24. The Labute approximate surface area is 133 Å². The highest BCUT2D eigenvalue weighted by molar-refractivity contribution is 5.73. The summed E-state index contributed by atoms with van der Waals surface area (Å²) in [5.74, 6) is -0.378. The molecule has 0 aromatic rings. The van der Waals surface area contributed by atoms with E-state index in [0.29, 0.717) is 38.8 Å². The quantitative estimate of drug-likeness (QED) is 0.626. The zero-order valence-corrected chi connectivity index (χ0v) is 14.3. The molecular weight excluding hydrogens is 284 g/mol. The standard InChI is InChI=1S/C16H30N2O4/c1-5-21-15(19)9-10-18-11-13(16(20)22-6-2)7-8-14(18)12-17(3)4/h13-14H,5-12H2,1-4H3. The van der Waals surface area contributed by atoms with E-state index in [1.54, 1.807) is 0 Å². The van der Waals surface area contributed by atoms with Crippen molar-refractivity contribution in [3.63, 3.8) is 0 Å². The Morgan fingerprint density at radius 2 is 1.82 bits per heavy atom. The molecule has 2 unspecified atom stereocenters. The molecule has 0 spiro atoms. The number of carbonyl (C=O) groups is 2. The Balaban J connectivity index is 2.60. The van der Waals surface area contributed by atoms with E-state index >= 15 is 0 Å². The Bertz CT molecular complexity index is 360. The molecule has 128 valence electrons. The fourth-order valence-corrected chi connectivity index (χ4v) is 2.92. The predicted molar refractivity (Wildman–Crippen MR) is 84.5 cm³/mol. The van der Waals surface area contributed by atoms with Gasteiger partial charge >= 0.3 is 11.9 Å². The summed E-state index contributed by atoms with van der Waals surface area (Å²) >= 11 is 0. The van der Waals surface area contributed by atoms with Gasteiger partial charge in [0.25, 0.3) is 0 Å². The van der Waals surface area contributed by atoms with E-state index in [1.807, 2.05) is 27.9 Å². The van der Waals surface area contributed by atoms with Crippen LogP contribution in [0, 0.1) is 5.92 Å². The van der Waals surface area contributed by atoms with Crippen LogP contribution in [0.25, 0.3) is 0 Å². The molecule has 1 aliphatic rings. The molecule has 1 saturated heterocycles. The molecule has 0 aromatic carbocycles. The van der Waals surface area contributed by atoms with Gasteiger partial charge in [0, 0.05) is 25.7 Å². The molecule has 0 aromatic heterocycles. The Morgan fingerprint density at radius 1 is 1.14 bits per heavy atom. The second kappa shape index (κ2) is 9.79. The predicted octanol–water partition coefficient (Wildman–Crippen LogP) is 1.14. The van der Waals surface area contributed by atoms with Crippen LogP contribution in [-0.4, -0.2) is 74.7 Å². The molecule has 0 bridgehead atoms. The lowest BCUT2D eigenvalue weighted by molar-refractivity contribution is -0.150. The van der Waals surface area contributed by atoms with Gasteiger partial charge in [0.15, 0.2) is 0 Å². The number of hydrogen-bond acceptors (Lipinski definition) is 6. The summed E-state index contributed by atoms with van der Waals surface area (Å²) in [4.78, 5) is 27.9. The third-order valence-corrected chi connectivity index (χ3v) is 3.92. The van der Waals surface area contributed by atoms with Crippen molar-refractivity contribution in [2.24, 2.45) is 5.92 Å².